The number of hydrogen-bond acceptors (Lipinski definition) is 5. The Balaban J connectivity index is 2.79. The average molecular weight is 240 g/mol. The molecule has 0 atom stereocenters. The summed E-state index contributed by atoms with van der Waals surface area (Å²) >= 11 is 5.73. The van der Waals surface area contributed by atoms with Crippen LogP contribution in [0.4, 0.5) is 0 Å². The fourth-order valence-corrected chi connectivity index (χ4v) is 1.48. The maximum Gasteiger partial charge on any atom is 0.341 e. The molecule has 0 saturated carbocycles. The molecule has 16 heavy (non-hydrogen) atoms. The Morgan fingerprint density at radius 1 is 1.62 bits per heavy atom. The molecule has 0 aliphatic heterocycles. The lowest BCUT2D eigenvalue weighted by atomic mass is 10.3. The Morgan fingerprint density at radius 2 is 2.38 bits per heavy atom. The van der Waals surface area contributed by atoms with E-state index in [-0.39, 0.29) is 22.1 Å². The van der Waals surface area contributed by atoms with Crippen molar-refractivity contribution in [2.75, 3.05) is 7.11 Å². The summed E-state index contributed by atoms with van der Waals surface area (Å²) in [6.45, 7) is 0. The largest absolute Gasteiger partial charge is 0.465 e. The van der Waals surface area contributed by atoms with E-state index in [1.807, 2.05) is 0 Å². The summed E-state index contributed by atoms with van der Waals surface area (Å²) in [7, 11) is 1.25. The second kappa shape index (κ2) is 3.90. The second-order valence-corrected chi connectivity index (χ2v) is 3.30. The van der Waals surface area contributed by atoms with Crippen molar-refractivity contribution in [3.63, 3.8) is 0 Å². The molecule has 0 saturated heterocycles. The number of aromatic nitrogens is 3. The molecule has 0 aliphatic rings. The van der Waals surface area contributed by atoms with Gasteiger partial charge in [-0.1, -0.05) is 11.6 Å². The number of methoxy groups -OCH3 is 1. The molecular weight excluding hydrogens is 234 g/mol. The van der Waals surface area contributed by atoms with E-state index in [1.165, 1.54) is 23.9 Å². The fraction of sp³-hybridized carbons (Fsp3) is 0.111. The SMILES string of the molecule is COC(=O)c1cc(Cl)nn2c(C=O)cnc12. The van der Waals surface area contributed by atoms with E-state index in [4.69, 9.17) is 11.6 Å². The number of imidazole rings is 1. The van der Waals surface area contributed by atoms with Crippen molar-refractivity contribution < 1.29 is 14.3 Å². The van der Waals surface area contributed by atoms with Gasteiger partial charge >= 0.3 is 5.97 Å². The summed E-state index contributed by atoms with van der Waals surface area (Å²) in [4.78, 5) is 26.0. The van der Waals surface area contributed by atoms with Gasteiger partial charge in [-0.15, -0.1) is 0 Å². The molecule has 0 radical (unpaired) electrons. The van der Waals surface area contributed by atoms with Crippen LogP contribution in [0, 0.1) is 0 Å². The van der Waals surface area contributed by atoms with Crippen LogP contribution in [-0.2, 0) is 4.74 Å². The highest BCUT2D eigenvalue weighted by molar-refractivity contribution is 6.29. The average Bonchev–Trinajstić information content (AvgIpc) is 2.69. The van der Waals surface area contributed by atoms with Crippen molar-refractivity contribution in [2.45, 2.75) is 0 Å². The third kappa shape index (κ3) is 1.53. The third-order valence-electron chi connectivity index (χ3n) is 1.99. The number of aldehydes is 1. The normalized spacial score (nSPS) is 10.4. The molecule has 0 N–H and O–H groups in total. The Kier molecular flexibility index (Phi) is 2.57. The van der Waals surface area contributed by atoms with Gasteiger partial charge in [0, 0.05) is 0 Å². The number of rotatable bonds is 2. The van der Waals surface area contributed by atoms with Crippen molar-refractivity contribution in [1.82, 2.24) is 14.6 Å². The molecule has 2 aromatic heterocycles. The molecule has 2 rings (SSSR count). The fourth-order valence-electron chi connectivity index (χ4n) is 1.30. The Labute approximate surface area is 94.8 Å². The third-order valence-corrected chi connectivity index (χ3v) is 2.17. The quantitative estimate of drug-likeness (QED) is 0.577. The van der Waals surface area contributed by atoms with Crippen LogP contribution < -0.4 is 0 Å². The standard InChI is InChI=1S/C9H6ClN3O3/c1-16-9(15)6-2-7(10)12-13-5(4-14)3-11-8(6)13/h2-4H,1H3. The molecule has 0 unspecified atom stereocenters. The minimum atomic E-state index is -0.586. The molecule has 0 amide bonds. The minimum Gasteiger partial charge on any atom is -0.465 e. The topological polar surface area (TPSA) is 73.6 Å². The molecule has 82 valence electrons. The van der Waals surface area contributed by atoms with Crippen molar-refractivity contribution in [3.8, 4) is 0 Å². The molecule has 2 heterocycles. The van der Waals surface area contributed by atoms with Gasteiger partial charge in [0.2, 0.25) is 0 Å². The lowest BCUT2D eigenvalue weighted by Crippen LogP contribution is -2.07. The number of carbonyl (C=O) groups is 2. The predicted molar refractivity (Wildman–Crippen MR) is 54.7 cm³/mol. The maximum absolute atomic E-state index is 11.4. The van der Waals surface area contributed by atoms with Crippen molar-refractivity contribution >= 4 is 29.5 Å². The monoisotopic (exact) mass is 239 g/mol. The number of halogens is 1. The summed E-state index contributed by atoms with van der Waals surface area (Å²) < 4.78 is 5.77. The van der Waals surface area contributed by atoms with Crippen molar-refractivity contribution in [1.29, 1.82) is 0 Å². The van der Waals surface area contributed by atoms with Crippen LogP contribution in [0.2, 0.25) is 5.15 Å². The van der Waals surface area contributed by atoms with Gasteiger partial charge in [0.1, 0.15) is 11.3 Å². The van der Waals surface area contributed by atoms with Gasteiger partial charge in [-0.25, -0.2) is 14.3 Å². The number of esters is 1. The zero-order valence-corrected chi connectivity index (χ0v) is 8.93. The molecule has 0 bridgehead atoms. The van der Waals surface area contributed by atoms with Crippen molar-refractivity contribution in [2.24, 2.45) is 0 Å². The van der Waals surface area contributed by atoms with Crippen LogP contribution in [0.5, 0.6) is 0 Å². The van der Waals surface area contributed by atoms with E-state index in [9.17, 15) is 9.59 Å². The Hall–Kier alpha value is -1.95. The van der Waals surface area contributed by atoms with Crippen LogP contribution in [-0.4, -0.2) is 34.0 Å². The van der Waals surface area contributed by atoms with Crippen LogP contribution in [0.15, 0.2) is 12.3 Å². The molecular formula is C9H6ClN3O3. The van der Waals surface area contributed by atoms with E-state index in [0.717, 1.165) is 0 Å². The van der Waals surface area contributed by atoms with Gasteiger partial charge in [-0.05, 0) is 6.07 Å². The molecule has 2 aromatic rings. The second-order valence-electron chi connectivity index (χ2n) is 2.91. The van der Waals surface area contributed by atoms with Crippen molar-refractivity contribution in [3.05, 3.63) is 28.7 Å². The highest BCUT2D eigenvalue weighted by Crippen LogP contribution is 2.15. The summed E-state index contributed by atoms with van der Waals surface area (Å²) in [6.07, 6.45) is 1.88. The zero-order chi connectivity index (χ0) is 11.7. The number of carbonyl (C=O) groups excluding carboxylic acids is 2. The Bertz CT molecular complexity index is 579. The smallest absolute Gasteiger partial charge is 0.341 e. The van der Waals surface area contributed by atoms with Gasteiger partial charge in [-0.2, -0.15) is 5.10 Å². The zero-order valence-electron chi connectivity index (χ0n) is 8.18. The summed E-state index contributed by atoms with van der Waals surface area (Å²) in [5, 5.41) is 3.94. The summed E-state index contributed by atoms with van der Waals surface area (Å²) in [5.74, 6) is -0.586. The van der Waals surface area contributed by atoms with Gasteiger partial charge < -0.3 is 4.74 Å². The van der Waals surface area contributed by atoms with Crippen LogP contribution in [0.1, 0.15) is 20.8 Å². The van der Waals surface area contributed by atoms with Crippen LogP contribution in [0.25, 0.3) is 5.65 Å². The Morgan fingerprint density at radius 3 is 3.00 bits per heavy atom. The van der Waals surface area contributed by atoms with E-state index in [2.05, 4.69) is 14.8 Å². The minimum absolute atomic E-state index is 0.0778. The first-order valence-electron chi connectivity index (χ1n) is 4.25. The number of hydrogen-bond donors (Lipinski definition) is 0. The predicted octanol–water partition coefficient (Wildman–Crippen LogP) is 0.982. The van der Waals surface area contributed by atoms with E-state index < -0.39 is 5.97 Å². The molecule has 0 fully saturated rings. The molecule has 0 aliphatic carbocycles. The molecule has 6 nitrogen and oxygen atoms in total. The van der Waals surface area contributed by atoms with Crippen LogP contribution >= 0.6 is 11.6 Å². The number of ether oxygens (including phenoxy) is 1. The van der Waals surface area contributed by atoms with E-state index in [1.54, 1.807) is 0 Å². The van der Waals surface area contributed by atoms with Crippen LogP contribution in [0.3, 0.4) is 0 Å². The first-order chi connectivity index (χ1) is 7.67. The molecule has 0 aromatic carbocycles. The molecule has 7 heteroatoms. The van der Waals surface area contributed by atoms with E-state index in [0.29, 0.717) is 6.29 Å². The number of nitrogens with zero attached hydrogens (tertiary/aromatic N) is 3. The van der Waals surface area contributed by atoms with Gasteiger partial charge in [0.15, 0.2) is 17.1 Å². The van der Waals surface area contributed by atoms with E-state index >= 15 is 0 Å². The maximum atomic E-state index is 11.4. The highest BCUT2D eigenvalue weighted by atomic mass is 35.5. The lowest BCUT2D eigenvalue weighted by Gasteiger charge is -2.02. The summed E-state index contributed by atoms with van der Waals surface area (Å²) in [6, 6.07) is 1.34. The highest BCUT2D eigenvalue weighted by Gasteiger charge is 2.16. The van der Waals surface area contributed by atoms with Gasteiger partial charge in [-0.3, -0.25) is 4.79 Å². The van der Waals surface area contributed by atoms with Gasteiger partial charge in [0.25, 0.3) is 0 Å². The first-order valence-corrected chi connectivity index (χ1v) is 4.63. The molecule has 0 spiro atoms. The number of fused-ring (bicyclic) bond motifs is 1. The lowest BCUT2D eigenvalue weighted by molar-refractivity contribution is 0.0602. The summed E-state index contributed by atoms with van der Waals surface area (Å²) in [5.41, 5.74) is 0.608. The first kappa shape index (κ1) is 10.6. The van der Waals surface area contributed by atoms with Gasteiger partial charge in [0.05, 0.1) is 13.3 Å².